The Morgan fingerprint density at radius 1 is 1.54 bits per heavy atom. The average Bonchev–Trinajstić information content (AvgIpc) is 2.01. The zero-order chi connectivity index (χ0) is 10.7. The van der Waals surface area contributed by atoms with Gasteiger partial charge in [-0.15, -0.1) is 0 Å². The number of alkyl halides is 1. The predicted molar refractivity (Wildman–Crippen MR) is 42.3 cm³/mol. The van der Waals surface area contributed by atoms with E-state index in [0.29, 0.717) is 0 Å². The Hall–Kier alpha value is -0.690. The molecule has 0 saturated heterocycles. The van der Waals surface area contributed by atoms with E-state index in [1.807, 2.05) is 0 Å². The first kappa shape index (κ1) is 12.3. The summed E-state index contributed by atoms with van der Waals surface area (Å²) in [6, 6.07) is 0. The molecule has 0 aromatic rings. The molecule has 0 bridgehead atoms. The third-order valence-corrected chi connectivity index (χ3v) is 2.72. The fourth-order valence-electron chi connectivity index (χ4n) is 0.671. The second-order valence-electron chi connectivity index (χ2n) is 2.28. The fourth-order valence-corrected chi connectivity index (χ4v) is 1.31. The third-order valence-electron chi connectivity index (χ3n) is 1.44. The maximum Gasteiger partial charge on any atom is 0.362 e. The van der Waals surface area contributed by atoms with Crippen LogP contribution in [0.5, 0.6) is 0 Å². The third kappa shape index (κ3) is 2.38. The van der Waals surface area contributed by atoms with E-state index in [1.165, 1.54) is 6.92 Å². The highest BCUT2D eigenvalue weighted by atomic mass is 32.2. The molecule has 0 radical (unpaired) electrons. The molecule has 0 amide bonds. The number of carbonyl (C=O) groups is 1. The SMILES string of the molecule is CCOC(=O)C(F)(CC)S(=O)(=O)O. The van der Waals surface area contributed by atoms with Gasteiger partial charge in [0.05, 0.1) is 6.61 Å². The Morgan fingerprint density at radius 2 is 2.00 bits per heavy atom. The Labute approximate surface area is 75.6 Å². The Balaban J connectivity index is 4.96. The molecule has 1 N–H and O–H groups in total. The van der Waals surface area contributed by atoms with E-state index in [-0.39, 0.29) is 6.61 Å². The fraction of sp³-hybridized carbons (Fsp3) is 0.833. The minimum atomic E-state index is -5.08. The minimum absolute atomic E-state index is 0.153. The Kier molecular flexibility index (Phi) is 3.80. The van der Waals surface area contributed by atoms with Crippen LogP contribution in [0.15, 0.2) is 0 Å². The smallest absolute Gasteiger partial charge is 0.362 e. The van der Waals surface area contributed by atoms with Crippen LogP contribution in [0.25, 0.3) is 0 Å². The van der Waals surface area contributed by atoms with E-state index >= 15 is 0 Å². The van der Waals surface area contributed by atoms with Crippen LogP contribution < -0.4 is 0 Å². The number of carbonyl (C=O) groups excluding carboxylic acids is 1. The van der Waals surface area contributed by atoms with Crippen molar-refractivity contribution in [2.45, 2.75) is 25.3 Å². The van der Waals surface area contributed by atoms with E-state index < -0.39 is 27.5 Å². The van der Waals surface area contributed by atoms with Gasteiger partial charge in [0.25, 0.3) is 0 Å². The lowest BCUT2D eigenvalue weighted by atomic mass is 10.3. The molecule has 0 aromatic carbocycles. The monoisotopic (exact) mass is 214 g/mol. The van der Waals surface area contributed by atoms with Gasteiger partial charge in [-0.25, -0.2) is 9.18 Å². The highest BCUT2D eigenvalue weighted by Crippen LogP contribution is 2.24. The molecule has 0 aliphatic heterocycles. The molecule has 0 aliphatic carbocycles. The van der Waals surface area contributed by atoms with Gasteiger partial charge in [0.1, 0.15) is 0 Å². The molecule has 0 aromatic heterocycles. The van der Waals surface area contributed by atoms with Gasteiger partial charge in [0, 0.05) is 6.42 Å². The highest BCUT2D eigenvalue weighted by Gasteiger charge is 2.51. The standard InChI is InChI=1S/C6H11FO5S/c1-3-6(7,13(9,10)11)5(8)12-4-2/h3-4H2,1-2H3,(H,9,10,11). The van der Waals surface area contributed by atoms with Crippen LogP contribution in [0, 0.1) is 0 Å². The van der Waals surface area contributed by atoms with Crippen molar-refractivity contribution in [3.8, 4) is 0 Å². The van der Waals surface area contributed by atoms with Crippen LogP contribution in [0.1, 0.15) is 20.3 Å². The van der Waals surface area contributed by atoms with E-state index in [9.17, 15) is 17.6 Å². The van der Waals surface area contributed by atoms with Crippen LogP contribution in [0.4, 0.5) is 4.39 Å². The maximum atomic E-state index is 13.3. The Morgan fingerprint density at radius 3 is 2.23 bits per heavy atom. The van der Waals surface area contributed by atoms with E-state index in [0.717, 1.165) is 6.92 Å². The van der Waals surface area contributed by atoms with E-state index in [2.05, 4.69) is 4.74 Å². The van der Waals surface area contributed by atoms with Crippen LogP contribution in [-0.4, -0.2) is 30.5 Å². The van der Waals surface area contributed by atoms with Crippen LogP contribution in [0.3, 0.4) is 0 Å². The number of esters is 1. The molecule has 0 rings (SSSR count). The van der Waals surface area contributed by atoms with Gasteiger partial charge in [-0.1, -0.05) is 6.92 Å². The second kappa shape index (κ2) is 4.01. The van der Waals surface area contributed by atoms with Gasteiger partial charge in [0.2, 0.25) is 0 Å². The zero-order valence-electron chi connectivity index (χ0n) is 7.28. The van der Waals surface area contributed by atoms with Crippen molar-refractivity contribution < 1.29 is 26.9 Å². The van der Waals surface area contributed by atoms with Crippen molar-refractivity contribution >= 4 is 16.1 Å². The zero-order valence-corrected chi connectivity index (χ0v) is 8.10. The number of rotatable bonds is 4. The van der Waals surface area contributed by atoms with E-state index in [4.69, 9.17) is 4.55 Å². The molecule has 0 saturated carbocycles. The molecule has 78 valence electrons. The lowest BCUT2D eigenvalue weighted by Gasteiger charge is -2.17. The molecular formula is C6H11FO5S. The first-order valence-electron chi connectivity index (χ1n) is 3.62. The summed E-state index contributed by atoms with van der Waals surface area (Å²) < 4.78 is 46.9. The van der Waals surface area contributed by atoms with Crippen LogP contribution in [-0.2, 0) is 19.6 Å². The van der Waals surface area contributed by atoms with Gasteiger partial charge >= 0.3 is 21.1 Å². The van der Waals surface area contributed by atoms with Crippen molar-refractivity contribution in [1.29, 1.82) is 0 Å². The molecule has 0 aliphatic rings. The summed E-state index contributed by atoms with van der Waals surface area (Å²) in [5, 5.41) is -3.34. The van der Waals surface area contributed by atoms with Crippen molar-refractivity contribution in [2.24, 2.45) is 0 Å². The minimum Gasteiger partial charge on any atom is -0.463 e. The van der Waals surface area contributed by atoms with Gasteiger partial charge in [-0.05, 0) is 6.92 Å². The summed E-state index contributed by atoms with van der Waals surface area (Å²) in [5.74, 6) is -1.58. The number of ether oxygens (including phenoxy) is 1. The summed E-state index contributed by atoms with van der Waals surface area (Å²) in [4.78, 5) is 10.8. The summed E-state index contributed by atoms with van der Waals surface area (Å²) in [6.45, 7) is 2.36. The van der Waals surface area contributed by atoms with Crippen molar-refractivity contribution in [1.82, 2.24) is 0 Å². The quantitative estimate of drug-likeness (QED) is 0.544. The summed E-state index contributed by atoms with van der Waals surface area (Å²) in [6.07, 6.45) is -0.690. The number of hydrogen-bond acceptors (Lipinski definition) is 4. The Bertz CT molecular complexity index is 285. The average molecular weight is 214 g/mol. The van der Waals surface area contributed by atoms with Crippen molar-refractivity contribution in [2.75, 3.05) is 6.61 Å². The van der Waals surface area contributed by atoms with Crippen LogP contribution in [0.2, 0.25) is 0 Å². The highest BCUT2D eigenvalue weighted by molar-refractivity contribution is 7.87. The molecule has 0 heterocycles. The van der Waals surface area contributed by atoms with Gasteiger partial charge in [-0.2, -0.15) is 8.42 Å². The van der Waals surface area contributed by atoms with E-state index in [1.54, 1.807) is 0 Å². The molecule has 7 heteroatoms. The molecule has 1 unspecified atom stereocenters. The number of hydrogen-bond donors (Lipinski definition) is 1. The molecule has 5 nitrogen and oxygen atoms in total. The topological polar surface area (TPSA) is 80.7 Å². The largest absolute Gasteiger partial charge is 0.463 e. The lowest BCUT2D eigenvalue weighted by Crippen LogP contribution is -2.42. The van der Waals surface area contributed by atoms with Gasteiger partial charge in [-0.3, -0.25) is 4.55 Å². The predicted octanol–water partition coefficient (Wildman–Crippen LogP) is 0.513. The van der Waals surface area contributed by atoms with Crippen LogP contribution >= 0.6 is 0 Å². The molecular weight excluding hydrogens is 203 g/mol. The first-order valence-corrected chi connectivity index (χ1v) is 5.06. The first-order chi connectivity index (χ1) is 5.79. The molecule has 0 spiro atoms. The van der Waals surface area contributed by atoms with Crippen molar-refractivity contribution in [3.63, 3.8) is 0 Å². The molecule has 1 atom stereocenters. The second-order valence-corrected chi connectivity index (χ2v) is 3.87. The number of halogens is 1. The molecule has 0 fully saturated rings. The lowest BCUT2D eigenvalue weighted by molar-refractivity contribution is -0.152. The van der Waals surface area contributed by atoms with Crippen molar-refractivity contribution in [3.05, 3.63) is 0 Å². The normalized spacial score (nSPS) is 16.3. The van der Waals surface area contributed by atoms with Gasteiger partial charge < -0.3 is 4.74 Å². The summed E-state index contributed by atoms with van der Waals surface area (Å²) in [7, 11) is -5.08. The summed E-state index contributed by atoms with van der Waals surface area (Å²) in [5.41, 5.74) is 0. The maximum absolute atomic E-state index is 13.3. The van der Waals surface area contributed by atoms with Gasteiger partial charge in [0.15, 0.2) is 0 Å². The summed E-state index contributed by atoms with van der Waals surface area (Å²) >= 11 is 0. The molecule has 13 heavy (non-hydrogen) atoms.